The molecule has 12 heteroatoms. The van der Waals surface area contributed by atoms with E-state index in [9.17, 15) is 23.8 Å². The van der Waals surface area contributed by atoms with E-state index in [4.69, 9.17) is 5.73 Å². The fourth-order valence-electron chi connectivity index (χ4n) is 0.583. The number of hydrogen-bond donors (Lipinski definition) is 3. The van der Waals surface area contributed by atoms with Crippen molar-refractivity contribution in [1.82, 2.24) is 5.09 Å². The van der Waals surface area contributed by atoms with Crippen molar-refractivity contribution in [2.24, 2.45) is 5.73 Å². The Labute approximate surface area is 91.3 Å². The molecule has 0 aliphatic heterocycles. The summed E-state index contributed by atoms with van der Waals surface area (Å²) in [5, 5.41) is 1.42. The zero-order chi connectivity index (χ0) is 12.8. The molecule has 96 valence electrons. The van der Waals surface area contributed by atoms with E-state index in [2.05, 4.69) is 14.0 Å². The van der Waals surface area contributed by atoms with Crippen molar-refractivity contribution in [1.29, 1.82) is 0 Å². The highest BCUT2D eigenvalue weighted by atomic mass is 31.2. The Bertz CT molecular complexity index is 339. The van der Waals surface area contributed by atoms with Crippen LogP contribution in [0.1, 0.15) is 0 Å². The predicted octanol–water partition coefficient (Wildman–Crippen LogP) is -5.07. The van der Waals surface area contributed by atoms with Crippen LogP contribution in [0.3, 0.4) is 0 Å². The Hall–Kier alpha value is -0.470. The molecular formula is C4H11N3O7P2-2. The fourth-order valence-corrected chi connectivity index (χ4v) is 1.38. The van der Waals surface area contributed by atoms with Gasteiger partial charge in [-0.2, -0.15) is 0 Å². The summed E-state index contributed by atoms with van der Waals surface area (Å²) in [6.45, 7) is -0.465. The number of nitrogens with one attached hydrogen (secondary N) is 2. The highest BCUT2D eigenvalue weighted by Gasteiger charge is 2.05. The van der Waals surface area contributed by atoms with Gasteiger partial charge in [-0.05, 0) is 0 Å². The third-order valence-corrected chi connectivity index (χ3v) is 2.61. The second kappa shape index (κ2) is 6.31. The van der Waals surface area contributed by atoms with Crippen LogP contribution in [-0.2, 0) is 18.2 Å². The van der Waals surface area contributed by atoms with Gasteiger partial charge in [0.25, 0.3) is 7.82 Å². The van der Waals surface area contributed by atoms with Crippen LogP contribution >= 0.6 is 15.6 Å². The molecule has 16 heavy (non-hydrogen) atoms. The minimum absolute atomic E-state index is 0.131. The van der Waals surface area contributed by atoms with Crippen LogP contribution in [0.2, 0.25) is 0 Å². The first-order valence-corrected chi connectivity index (χ1v) is 6.84. The van der Waals surface area contributed by atoms with Gasteiger partial charge in [-0.15, -0.1) is 0 Å². The Kier molecular flexibility index (Phi) is 6.13. The zero-order valence-electron chi connectivity index (χ0n) is 8.24. The molecule has 0 aromatic heterocycles. The lowest BCUT2D eigenvalue weighted by atomic mass is 10.7. The summed E-state index contributed by atoms with van der Waals surface area (Å²) in [5.74, 6) is -0.518. The Morgan fingerprint density at radius 2 is 2.00 bits per heavy atom. The van der Waals surface area contributed by atoms with E-state index in [0.717, 1.165) is 7.11 Å². The molecule has 1 atom stereocenters. The molecule has 0 aromatic rings. The summed E-state index contributed by atoms with van der Waals surface area (Å²) >= 11 is 0. The van der Waals surface area contributed by atoms with Gasteiger partial charge < -0.3 is 28.3 Å². The van der Waals surface area contributed by atoms with Crippen molar-refractivity contribution in [3.8, 4) is 0 Å². The first-order chi connectivity index (χ1) is 7.16. The highest BCUT2D eigenvalue weighted by Crippen LogP contribution is 2.35. The maximum Gasteiger partial charge on any atom is 0.344 e. The van der Waals surface area contributed by atoms with Crippen molar-refractivity contribution < 1.29 is 37.9 Å². The molecule has 0 spiro atoms. The van der Waals surface area contributed by atoms with E-state index >= 15 is 0 Å². The fraction of sp³-hybridized carbons (Fsp3) is 0.750. The van der Waals surface area contributed by atoms with Crippen LogP contribution in [-0.4, -0.2) is 26.2 Å². The number of phosphoric ester groups is 1. The molecule has 0 amide bonds. The molecule has 0 bridgehead atoms. The molecule has 0 rings (SSSR count). The van der Waals surface area contributed by atoms with Gasteiger partial charge in [-0.25, -0.2) is 0 Å². The maximum absolute atomic E-state index is 10.6. The zero-order valence-corrected chi connectivity index (χ0v) is 10.0. The average Bonchev–Trinajstić information content (AvgIpc) is 2.10. The standard InChI is InChI=1S/C4H13N3O7P2/c1-13-16(11,12)14-3-2-6-4(5)7-15(8,9)10/h2-3H2,1H3,(H,11,12)(H5,5,6,7,8,9,10)/p-2. The molecule has 0 aliphatic carbocycles. The molecule has 10 nitrogen and oxygen atoms in total. The Morgan fingerprint density at radius 3 is 2.44 bits per heavy atom. The van der Waals surface area contributed by atoms with Gasteiger partial charge in [0, 0.05) is 7.11 Å². The SMILES string of the molecule is COP(=O)([O-])OCC[NH+]=C(N)NP(=O)([O-])[O-]. The van der Waals surface area contributed by atoms with Crippen LogP contribution in [0, 0.1) is 0 Å². The molecular weight excluding hydrogens is 264 g/mol. The normalized spacial score (nSPS) is 16.9. The van der Waals surface area contributed by atoms with E-state index in [1.54, 1.807) is 0 Å². The van der Waals surface area contributed by atoms with Crippen LogP contribution in [0.4, 0.5) is 0 Å². The maximum atomic E-state index is 10.6. The summed E-state index contributed by atoms with van der Waals surface area (Å²) in [4.78, 5) is 33.1. The predicted molar refractivity (Wildman–Crippen MR) is 46.3 cm³/mol. The molecule has 0 heterocycles. The summed E-state index contributed by atoms with van der Waals surface area (Å²) in [5.41, 5.74) is 5.03. The topological polar surface area (TPSA) is 174 Å². The van der Waals surface area contributed by atoms with E-state index < -0.39 is 21.5 Å². The molecule has 0 fully saturated rings. The molecule has 0 saturated carbocycles. The van der Waals surface area contributed by atoms with Crippen molar-refractivity contribution in [3.05, 3.63) is 0 Å². The summed E-state index contributed by atoms with van der Waals surface area (Å²) in [6.07, 6.45) is 0. The van der Waals surface area contributed by atoms with E-state index in [-0.39, 0.29) is 13.2 Å². The third-order valence-electron chi connectivity index (χ3n) is 1.15. The molecule has 0 aromatic carbocycles. The summed E-state index contributed by atoms with van der Waals surface area (Å²) in [7, 11) is -8.35. The largest absolute Gasteiger partial charge is 0.783 e. The summed E-state index contributed by atoms with van der Waals surface area (Å²) in [6, 6.07) is 0. The van der Waals surface area contributed by atoms with E-state index in [0.29, 0.717) is 0 Å². The number of phosphoric acid groups is 1. The van der Waals surface area contributed by atoms with Crippen molar-refractivity contribution in [2.75, 3.05) is 20.3 Å². The molecule has 4 N–H and O–H groups in total. The van der Waals surface area contributed by atoms with Crippen molar-refractivity contribution >= 4 is 21.5 Å². The molecule has 0 aliphatic rings. The first-order valence-electron chi connectivity index (χ1n) is 3.84. The second-order valence-electron chi connectivity index (χ2n) is 2.41. The van der Waals surface area contributed by atoms with Gasteiger partial charge in [-0.1, -0.05) is 0 Å². The Balaban J connectivity index is 3.93. The lowest BCUT2D eigenvalue weighted by molar-refractivity contribution is -0.463. The Morgan fingerprint density at radius 1 is 1.44 bits per heavy atom. The molecule has 0 saturated heterocycles. The third kappa shape index (κ3) is 8.81. The van der Waals surface area contributed by atoms with Crippen molar-refractivity contribution in [3.63, 3.8) is 0 Å². The summed E-state index contributed by atoms with van der Waals surface area (Å²) < 4.78 is 29.0. The smallest absolute Gasteiger partial charge is 0.344 e. The van der Waals surface area contributed by atoms with Gasteiger partial charge in [0.05, 0.1) is 20.9 Å². The lowest BCUT2D eigenvalue weighted by Crippen LogP contribution is -2.79. The number of hydrogen-bond acceptors (Lipinski definition) is 7. The monoisotopic (exact) mass is 275 g/mol. The van der Waals surface area contributed by atoms with Crippen LogP contribution in [0.25, 0.3) is 0 Å². The first kappa shape index (κ1) is 15.5. The highest BCUT2D eigenvalue weighted by molar-refractivity contribution is 7.47. The van der Waals surface area contributed by atoms with E-state index in [1.807, 2.05) is 0 Å². The lowest BCUT2D eigenvalue weighted by Gasteiger charge is -2.25. The second-order valence-corrected chi connectivity index (χ2v) is 5.15. The molecule has 0 radical (unpaired) electrons. The van der Waals surface area contributed by atoms with Crippen molar-refractivity contribution in [2.45, 2.75) is 0 Å². The van der Waals surface area contributed by atoms with Gasteiger partial charge in [-0.3, -0.25) is 20.4 Å². The minimum Gasteiger partial charge on any atom is -0.783 e. The number of rotatable bonds is 6. The number of nitrogens with two attached hydrogens (primary N) is 1. The molecule has 1 unspecified atom stereocenters. The quantitative estimate of drug-likeness (QED) is 0.185. The van der Waals surface area contributed by atoms with Crippen LogP contribution < -0.4 is 30.5 Å². The van der Waals surface area contributed by atoms with Gasteiger partial charge >= 0.3 is 5.96 Å². The van der Waals surface area contributed by atoms with Gasteiger partial charge in [0.2, 0.25) is 0 Å². The van der Waals surface area contributed by atoms with Gasteiger partial charge in [0.1, 0.15) is 0 Å². The average molecular weight is 275 g/mol. The van der Waals surface area contributed by atoms with Crippen LogP contribution in [0.5, 0.6) is 0 Å². The van der Waals surface area contributed by atoms with Crippen LogP contribution in [0.15, 0.2) is 0 Å². The van der Waals surface area contributed by atoms with Gasteiger partial charge in [0.15, 0.2) is 0 Å². The van der Waals surface area contributed by atoms with E-state index in [1.165, 1.54) is 5.09 Å². The minimum atomic E-state index is -4.97. The number of guanidine groups is 1.